The van der Waals surface area contributed by atoms with Gasteiger partial charge in [0.25, 0.3) is 5.91 Å². The lowest BCUT2D eigenvalue weighted by atomic mass is 10.1. The van der Waals surface area contributed by atoms with Gasteiger partial charge in [0.05, 0.1) is 6.61 Å². The number of ketones is 1. The Labute approximate surface area is 160 Å². The molecule has 0 radical (unpaired) electrons. The smallest absolute Gasteiger partial charge is 0.325 e. The maximum absolute atomic E-state index is 12.0. The summed E-state index contributed by atoms with van der Waals surface area (Å²) in [6.45, 7) is 1.83. The summed E-state index contributed by atoms with van der Waals surface area (Å²) in [5.74, 6) is -0.848. The van der Waals surface area contributed by atoms with Crippen LogP contribution in [0.5, 0.6) is 0 Å². The first-order valence-electron chi connectivity index (χ1n) is 8.25. The molecule has 0 saturated heterocycles. The zero-order valence-electron chi connectivity index (χ0n) is 14.5. The Balaban J connectivity index is 1.65. The minimum Gasteiger partial charge on any atom is -0.464 e. The largest absolute Gasteiger partial charge is 0.464 e. The van der Waals surface area contributed by atoms with Gasteiger partial charge in [0.1, 0.15) is 6.54 Å². The highest BCUT2D eigenvalue weighted by Crippen LogP contribution is 2.12. The molecule has 2 rings (SSSR count). The van der Waals surface area contributed by atoms with Gasteiger partial charge < -0.3 is 10.1 Å². The van der Waals surface area contributed by atoms with Crippen molar-refractivity contribution in [2.24, 2.45) is 0 Å². The van der Waals surface area contributed by atoms with E-state index in [0.717, 1.165) is 10.0 Å². The fourth-order valence-corrected chi connectivity index (χ4v) is 2.56. The van der Waals surface area contributed by atoms with Gasteiger partial charge in [-0.15, -0.1) is 0 Å². The van der Waals surface area contributed by atoms with Crippen LogP contribution in [-0.2, 0) is 9.53 Å². The van der Waals surface area contributed by atoms with E-state index in [1.807, 2.05) is 25.1 Å². The van der Waals surface area contributed by atoms with Crippen LogP contribution in [0.25, 0.3) is 0 Å². The van der Waals surface area contributed by atoms with Gasteiger partial charge >= 0.3 is 5.97 Å². The zero-order chi connectivity index (χ0) is 18.9. The Morgan fingerprint density at radius 1 is 1.04 bits per heavy atom. The lowest BCUT2D eigenvalue weighted by molar-refractivity contribution is -0.142. The van der Waals surface area contributed by atoms with E-state index < -0.39 is 5.97 Å². The van der Waals surface area contributed by atoms with Crippen LogP contribution in [0.2, 0.25) is 0 Å². The normalized spacial score (nSPS) is 10.2. The minimum atomic E-state index is -0.526. The third kappa shape index (κ3) is 6.44. The van der Waals surface area contributed by atoms with E-state index in [9.17, 15) is 14.4 Å². The number of carbonyl (C=O) groups is 3. The summed E-state index contributed by atoms with van der Waals surface area (Å²) in [6.07, 6.45) is 0.733. The van der Waals surface area contributed by atoms with Gasteiger partial charge in [-0.05, 0) is 37.6 Å². The van der Waals surface area contributed by atoms with Crippen LogP contribution in [0.4, 0.5) is 0 Å². The Bertz CT molecular complexity index is 787. The summed E-state index contributed by atoms with van der Waals surface area (Å²) in [5, 5.41) is 2.52. The predicted octanol–water partition coefficient (Wildman–Crippen LogP) is 3.69. The van der Waals surface area contributed by atoms with E-state index >= 15 is 0 Å². The summed E-state index contributed by atoms with van der Waals surface area (Å²) in [4.78, 5) is 35.6. The molecule has 0 aliphatic carbocycles. The van der Waals surface area contributed by atoms with Crippen LogP contribution < -0.4 is 5.32 Å². The Hall–Kier alpha value is -2.47. The van der Waals surface area contributed by atoms with E-state index in [0.29, 0.717) is 24.0 Å². The lowest BCUT2D eigenvalue weighted by Gasteiger charge is -2.07. The molecule has 6 heteroatoms. The quantitative estimate of drug-likeness (QED) is 0.403. The second kappa shape index (κ2) is 9.87. The van der Waals surface area contributed by atoms with Crippen molar-refractivity contribution in [2.45, 2.75) is 19.8 Å². The summed E-state index contributed by atoms with van der Waals surface area (Å²) in [5.41, 5.74) is 2.10. The van der Waals surface area contributed by atoms with Gasteiger partial charge in [0, 0.05) is 22.0 Å². The van der Waals surface area contributed by atoms with E-state index in [-0.39, 0.29) is 24.8 Å². The molecular weight excluding hydrogens is 398 g/mol. The fourth-order valence-electron chi connectivity index (χ4n) is 2.29. The van der Waals surface area contributed by atoms with Gasteiger partial charge in [0.2, 0.25) is 0 Å². The standard InChI is InChI=1S/C20H20BrNO4/c1-14-4-2-5-16(12-14)20(25)22-13-19(24)26-11-3-6-18(23)15-7-9-17(21)10-8-15/h2,4-5,7-10,12H,3,6,11,13H2,1H3,(H,22,25). The molecule has 0 saturated carbocycles. The number of benzene rings is 2. The number of carbonyl (C=O) groups excluding carboxylic acids is 3. The molecule has 0 aliphatic rings. The molecule has 0 unspecified atom stereocenters. The molecule has 0 heterocycles. The SMILES string of the molecule is Cc1cccc(C(=O)NCC(=O)OCCCC(=O)c2ccc(Br)cc2)c1. The highest BCUT2D eigenvalue weighted by atomic mass is 79.9. The fraction of sp³-hybridized carbons (Fsp3) is 0.250. The molecule has 1 N–H and O–H groups in total. The molecule has 2 aromatic rings. The number of Topliss-reactive ketones (excluding diaryl/α,β-unsaturated/α-hetero) is 1. The molecule has 0 atom stereocenters. The van der Waals surface area contributed by atoms with Crippen LogP contribution in [0, 0.1) is 6.92 Å². The zero-order valence-corrected chi connectivity index (χ0v) is 16.0. The molecule has 0 bridgehead atoms. The summed E-state index contributed by atoms with van der Waals surface area (Å²) < 4.78 is 5.96. The first-order chi connectivity index (χ1) is 12.5. The third-order valence-electron chi connectivity index (χ3n) is 3.65. The van der Waals surface area contributed by atoms with Crippen LogP contribution in [0.15, 0.2) is 53.0 Å². The predicted molar refractivity (Wildman–Crippen MR) is 102 cm³/mol. The topological polar surface area (TPSA) is 72.5 Å². The van der Waals surface area contributed by atoms with Crippen molar-refractivity contribution in [1.29, 1.82) is 0 Å². The van der Waals surface area contributed by atoms with Gasteiger partial charge in [0.15, 0.2) is 5.78 Å². The van der Waals surface area contributed by atoms with Gasteiger partial charge in [-0.25, -0.2) is 0 Å². The molecule has 0 aromatic heterocycles. The van der Waals surface area contributed by atoms with Crippen LogP contribution in [0.3, 0.4) is 0 Å². The van der Waals surface area contributed by atoms with E-state index in [1.54, 1.807) is 30.3 Å². The molecule has 5 nitrogen and oxygen atoms in total. The second-order valence-electron chi connectivity index (χ2n) is 5.81. The number of nitrogens with one attached hydrogen (secondary N) is 1. The lowest BCUT2D eigenvalue weighted by Crippen LogP contribution is -2.30. The monoisotopic (exact) mass is 417 g/mol. The van der Waals surface area contributed by atoms with Gasteiger partial charge in [-0.1, -0.05) is 45.8 Å². The number of hydrogen-bond acceptors (Lipinski definition) is 4. The Morgan fingerprint density at radius 2 is 1.77 bits per heavy atom. The Morgan fingerprint density at radius 3 is 2.46 bits per heavy atom. The van der Waals surface area contributed by atoms with E-state index in [2.05, 4.69) is 21.2 Å². The third-order valence-corrected chi connectivity index (χ3v) is 4.18. The average molecular weight is 418 g/mol. The van der Waals surface area contributed by atoms with Crippen molar-refractivity contribution in [3.8, 4) is 0 Å². The van der Waals surface area contributed by atoms with Gasteiger partial charge in [-0.2, -0.15) is 0 Å². The summed E-state index contributed by atoms with van der Waals surface area (Å²) >= 11 is 3.32. The summed E-state index contributed by atoms with van der Waals surface area (Å²) in [6, 6.07) is 14.2. The maximum atomic E-state index is 12.0. The molecule has 0 spiro atoms. The number of rotatable bonds is 8. The van der Waals surface area contributed by atoms with Crippen molar-refractivity contribution in [3.63, 3.8) is 0 Å². The van der Waals surface area contributed by atoms with Crippen molar-refractivity contribution >= 4 is 33.6 Å². The molecule has 26 heavy (non-hydrogen) atoms. The highest BCUT2D eigenvalue weighted by Gasteiger charge is 2.10. The first kappa shape index (κ1) is 19.8. The number of amides is 1. The molecule has 0 aliphatic heterocycles. The molecule has 1 amide bonds. The molecule has 2 aromatic carbocycles. The number of esters is 1. The van der Waals surface area contributed by atoms with Crippen LogP contribution in [0.1, 0.15) is 39.1 Å². The number of halogens is 1. The van der Waals surface area contributed by atoms with Gasteiger partial charge in [-0.3, -0.25) is 14.4 Å². The maximum Gasteiger partial charge on any atom is 0.325 e. The Kier molecular flexibility index (Phi) is 7.53. The van der Waals surface area contributed by atoms with Crippen LogP contribution in [-0.4, -0.2) is 30.8 Å². The van der Waals surface area contributed by atoms with Crippen molar-refractivity contribution < 1.29 is 19.1 Å². The first-order valence-corrected chi connectivity index (χ1v) is 9.04. The number of ether oxygens (including phenoxy) is 1. The number of aryl methyl sites for hydroxylation is 1. The number of hydrogen-bond donors (Lipinski definition) is 1. The van der Waals surface area contributed by atoms with E-state index in [1.165, 1.54) is 0 Å². The van der Waals surface area contributed by atoms with Crippen molar-refractivity contribution in [2.75, 3.05) is 13.2 Å². The van der Waals surface area contributed by atoms with Crippen molar-refractivity contribution in [1.82, 2.24) is 5.32 Å². The van der Waals surface area contributed by atoms with E-state index in [4.69, 9.17) is 4.74 Å². The van der Waals surface area contributed by atoms with Crippen molar-refractivity contribution in [3.05, 3.63) is 69.7 Å². The minimum absolute atomic E-state index is 0.00120. The molecular formula is C20H20BrNO4. The van der Waals surface area contributed by atoms with Crippen LogP contribution >= 0.6 is 15.9 Å². The molecule has 0 fully saturated rings. The molecule has 136 valence electrons. The second-order valence-corrected chi connectivity index (χ2v) is 6.72. The average Bonchev–Trinajstić information content (AvgIpc) is 2.63. The highest BCUT2D eigenvalue weighted by molar-refractivity contribution is 9.10. The summed E-state index contributed by atoms with van der Waals surface area (Å²) in [7, 11) is 0.